The lowest BCUT2D eigenvalue weighted by Crippen LogP contribution is -2.51. The van der Waals surface area contributed by atoms with Crippen LogP contribution in [0.3, 0.4) is 0 Å². The zero-order valence-electron chi connectivity index (χ0n) is 24.8. The molecule has 3 aromatic carbocycles. The third kappa shape index (κ3) is 8.44. The van der Waals surface area contributed by atoms with E-state index in [0.717, 1.165) is 36.0 Å². The number of ether oxygens (including phenoxy) is 2. The number of nitrogens with zero attached hydrogens (tertiary/aromatic N) is 1. The van der Waals surface area contributed by atoms with Gasteiger partial charge >= 0.3 is 6.09 Å². The summed E-state index contributed by atoms with van der Waals surface area (Å²) in [5.41, 5.74) is 3.37. The molecule has 0 spiro atoms. The highest BCUT2D eigenvalue weighted by Crippen LogP contribution is 2.30. The summed E-state index contributed by atoms with van der Waals surface area (Å²) in [6.45, 7) is 1.49. The van der Waals surface area contributed by atoms with Crippen molar-refractivity contribution >= 4 is 28.6 Å². The number of carbonyl (C=O) groups is 2. The van der Waals surface area contributed by atoms with Gasteiger partial charge in [-0.3, -0.25) is 4.79 Å². The van der Waals surface area contributed by atoms with Gasteiger partial charge in [0.05, 0.1) is 19.8 Å². The van der Waals surface area contributed by atoms with Crippen LogP contribution in [0.15, 0.2) is 84.9 Å². The number of morpholine rings is 1. The van der Waals surface area contributed by atoms with Gasteiger partial charge in [-0.25, -0.2) is 13.2 Å². The van der Waals surface area contributed by atoms with Gasteiger partial charge in [-0.05, 0) is 48.4 Å². The molecule has 3 atom stereocenters. The maximum atomic E-state index is 14.0. The van der Waals surface area contributed by atoms with E-state index in [2.05, 4.69) is 16.0 Å². The van der Waals surface area contributed by atoms with Gasteiger partial charge in [0.2, 0.25) is 16.8 Å². The Morgan fingerprint density at radius 3 is 2.18 bits per heavy atom. The minimum Gasteiger partial charge on any atom is -0.453 e. The molecule has 2 aliphatic rings. The Labute approximate surface area is 260 Å². The molecular weight excluding hydrogens is 580 g/mol. The smallest absolute Gasteiger partial charge is 0.407 e. The molecule has 3 N–H and O–H groups in total. The summed E-state index contributed by atoms with van der Waals surface area (Å²) in [6.07, 6.45) is 2.49. The Morgan fingerprint density at radius 2 is 1.61 bits per heavy atom. The zero-order chi connectivity index (χ0) is 30.9. The monoisotopic (exact) mass is 620 g/mol. The molecule has 5 rings (SSSR count). The summed E-state index contributed by atoms with van der Waals surface area (Å²) in [4.78, 5) is 26.4. The highest BCUT2D eigenvalue weighted by molar-refractivity contribution is 7.69. The number of aryl methyl sites for hydroxylation is 1. The van der Waals surface area contributed by atoms with Crippen LogP contribution in [0, 0.1) is 0 Å². The van der Waals surface area contributed by atoms with Crippen LogP contribution in [0.1, 0.15) is 41.9 Å². The van der Waals surface area contributed by atoms with E-state index in [1.807, 2.05) is 84.9 Å². The Bertz CT molecular complexity index is 1410. The topological polar surface area (TPSA) is 126 Å². The lowest BCUT2D eigenvalue weighted by molar-refractivity contribution is -0.118. The van der Waals surface area contributed by atoms with Crippen LogP contribution in [0.5, 0.6) is 0 Å². The van der Waals surface area contributed by atoms with Crippen molar-refractivity contribution < 1.29 is 27.5 Å². The van der Waals surface area contributed by atoms with Crippen LogP contribution >= 0.6 is 0 Å². The summed E-state index contributed by atoms with van der Waals surface area (Å²) in [5.74, 6) is -0.829. The van der Waals surface area contributed by atoms with Crippen molar-refractivity contribution in [3.63, 3.8) is 0 Å². The van der Waals surface area contributed by atoms with Gasteiger partial charge in [0, 0.05) is 36.8 Å². The van der Waals surface area contributed by atoms with Crippen molar-refractivity contribution in [1.82, 2.24) is 14.9 Å². The van der Waals surface area contributed by atoms with E-state index in [1.165, 1.54) is 7.11 Å². The number of methoxy groups -OCH3 is 1. The SMILES string of the molecule is COC(=O)N[C@H](C(=O)Nc1ccccc1CC[C@@H]1CN[C@H](CN(C2CC2)[SH](=O)=O)CO1)C(c1ccccc1)c1ccccc1. The number of benzene rings is 3. The summed E-state index contributed by atoms with van der Waals surface area (Å²) in [7, 11) is -1.32. The molecule has 10 nitrogen and oxygen atoms in total. The van der Waals surface area contributed by atoms with Crippen LogP contribution in [0.25, 0.3) is 0 Å². The number of carbonyl (C=O) groups excluding carboxylic acids is 2. The van der Waals surface area contributed by atoms with Crippen molar-refractivity contribution in [2.24, 2.45) is 0 Å². The standard InChI is InChI=1S/C33H40N4O6S/c1-42-33(39)36-31(30(24-11-4-2-5-12-24)25-13-6-3-7-14-25)32(38)35-29-15-9-8-10-23(29)16-19-28-20-34-26(22-43-28)21-37(44(40)41)27-17-18-27/h2-15,26-28,30-31,34,44H,16-22H2,1H3,(H,35,38)(H,36,39)/t26-,28-,31+/m1/s1. The minimum atomic E-state index is -2.59. The molecule has 1 heterocycles. The fourth-order valence-corrected chi connectivity index (χ4v) is 6.52. The number of amides is 2. The van der Waals surface area contributed by atoms with E-state index in [9.17, 15) is 18.0 Å². The molecule has 1 saturated carbocycles. The Morgan fingerprint density at radius 1 is 0.977 bits per heavy atom. The van der Waals surface area contributed by atoms with E-state index < -0.39 is 28.9 Å². The van der Waals surface area contributed by atoms with Gasteiger partial charge in [0.1, 0.15) is 6.04 Å². The molecule has 0 aromatic heterocycles. The number of alkyl carbamates (subject to hydrolysis) is 1. The Kier molecular flexibility index (Phi) is 11.0. The maximum absolute atomic E-state index is 14.0. The van der Waals surface area contributed by atoms with Crippen LogP contribution in [-0.2, 0) is 31.6 Å². The van der Waals surface area contributed by atoms with Crippen LogP contribution in [0.2, 0.25) is 0 Å². The fraction of sp³-hybridized carbons (Fsp3) is 0.394. The zero-order valence-corrected chi connectivity index (χ0v) is 25.7. The molecule has 2 amide bonds. The molecule has 234 valence electrons. The first-order valence-electron chi connectivity index (χ1n) is 15.0. The molecule has 0 radical (unpaired) electrons. The molecule has 0 bridgehead atoms. The maximum Gasteiger partial charge on any atom is 0.407 e. The molecule has 44 heavy (non-hydrogen) atoms. The Hall–Kier alpha value is -3.77. The van der Waals surface area contributed by atoms with Crippen LogP contribution < -0.4 is 16.0 Å². The first kappa shape index (κ1) is 31.6. The lowest BCUT2D eigenvalue weighted by atomic mass is 9.84. The average Bonchev–Trinajstić information content (AvgIpc) is 3.90. The summed E-state index contributed by atoms with van der Waals surface area (Å²) < 4.78 is 35.8. The summed E-state index contributed by atoms with van der Waals surface area (Å²) in [5, 5.41) is 9.30. The molecule has 11 heteroatoms. The number of hydrogen-bond donors (Lipinski definition) is 4. The average molecular weight is 621 g/mol. The van der Waals surface area contributed by atoms with Gasteiger partial charge in [-0.15, -0.1) is 0 Å². The number of nitrogens with one attached hydrogen (secondary N) is 3. The Balaban J connectivity index is 1.26. The predicted molar refractivity (Wildman–Crippen MR) is 169 cm³/mol. The van der Waals surface area contributed by atoms with E-state index in [-0.39, 0.29) is 24.1 Å². The second-order valence-corrected chi connectivity index (χ2v) is 12.2. The van der Waals surface area contributed by atoms with E-state index in [1.54, 1.807) is 4.31 Å². The van der Waals surface area contributed by atoms with Gasteiger partial charge in [0.15, 0.2) is 0 Å². The van der Waals surface area contributed by atoms with Crippen molar-refractivity contribution in [2.75, 3.05) is 32.1 Å². The number of anilines is 1. The molecule has 3 aromatic rings. The van der Waals surface area contributed by atoms with Gasteiger partial charge < -0.3 is 25.4 Å². The third-order valence-electron chi connectivity index (χ3n) is 8.16. The normalized spacial score (nSPS) is 19.1. The second kappa shape index (κ2) is 15.3. The van der Waals surface area contributed by atoms with Gasteiger partial charge in [-0.2, -0.15) is 4.31 Å². The van der Waals surface area contributed by atoms with Gasteiger partial charge in [-0.1, -0.05) is 78.9 Å². The van der Waals surface area contributed by atoms with Crippen LogP contribution in [0.4, 0.5) is 10.5 Å². The number of hydrogen-bond acceptors (Lipinski definition) is 7. The second-order valence-electron chi connectivity index (χ2n) is 11.2. The highest BCUT2D eigenvalue weighted by Gasteiger charge is 2.35. The van der Waals surface area contributed by atoms with Crippen molar-refractivity contribution in [1.29, 1.82) is 0 Å². The predicted octanol–water partition coefficient (Wildman–Crippen LogP) is 3.46. The minimum absolute atomic E-state index is 0.0345. The first-order chi connectivity index (χ1) is 21.4. The lowest BCUT2D eigenvalue weighted by Gasteiger charge is -2.32. The highest BCUT2D eigenvalue weighted by atomic mass is 32.2. The first-order valence-corrected chi connectivity index (χ1v) is 16.1. The molecule has 2 fully saturated rings. The molecule has 1 aliphatic heterocycles. The van der Waals surface area contributed by atoms with Crippen molar-refractivity contribution in [3.05, 3.63) is 102 Å². The van der Waals surface area contributed by atoms with Crippen LogP contribution in [-0.4, -0.2) is 75.8 Å². The molecule has 1 saturated heterocycles. The number of rotatable bonds is 13. The summed E-state index contributed by atoms with van der Waals surface area (Å²) >= 11 is 0. The van der Waals surface area contributed by atoms with E-state index >= 15 is 0 Å². The largest absolute Gasteiger partial charge is 0.453 e. The molecule has 0 unspecified atom stereocenters. The third-order valence-corrected chi connectivity index (χ3v) is 9.07. The number of thiol groups is 1. The molecular formula is C33H40N4O6S. The van der Waals surface area contributed by atoms with Crippen molar-refractivity contribution in [3.8, 4) is 0 Å². The van der Waals surface area contributed by atoms with E-state index in [4.69, 9.17) is 9.47 Å². The van der Waals surface area contributed by atoms with E-state index in [0.29, 0.717) is 31.8 Å². The fourth-order valence-electron chi connectivity index (χ4n) is 5.69. The van der Waals surface area contributed by atoms with Crippen molar-refractivity contribution in [2.45, 2.75) is 55.8 Å². The van der Waals surface area contributed by atoms with Gasteiger partial charge in [0.25, 0.3) is 0 Å². The summed E-state index contributed by atoms with van der Waals surface area (Å²) in [6, 6.07) is 26.0. The number of para-hydroxylation sites is 1. The quantitative estimate of drug-likeness (QED) is 0.216. The molecule has 1 aliphatic carbocycles.